The first-order valence-corrected chi connectivity index (χ1v) is 6.71. The number of nitrogens with zero attached hydrogens (tertiary/aromatic N) is 1. The number of amides is 2. The number of piperidine rings is 2. The molecule has 1 N–H and O–H groups in total. The van der Waals surface area contributed by atoms with Crippen LogP contribution in [0.4, 0.5) is 0 Å². The van der Waals surface area contributed by atoms with Gasteiger partial charge in [-0.1, -0.05) is 15.9 Å². The predicted octanol–water partition coefficient (Wildman–Crippen LogP) is 0.897. The van der Waals surface area contributed by atoms with Crippen LogP contribution in [0.5, 0.6) is 0 Å². The SMILES string of the molecule is CC(Br)C(=O)N1CCC2NC(=O)CCC2C1. The third kappa shape index (κ3) is 2.39. The molecular weight excluding hydrogens is 272 g/mol. The second-order valence-electron chi connectivity index (χ2n) is 4.66. The summed E-state index contributed by atoms with van der Waals surface area (Å²) in [6.45, 7) is 3.41. The number of alkyl halides is 1. The van der Waals surface area contributed by atoms with Crippen LogP contribution in [0.2, 0.25) is 0 Å². The zero-order chi connectivity index (χ0) is 11.7. The summed E-state index contributed by atoms with van der Waals surface area (Å²) in [6.07, 6.45) is 2.41. The van der Waals surface area contributed by atoms with E-state index in [1.165, 1.54) is 0 Å². The van der Waals surface area contributed by atoms with Crippen LogP contribution in [0, 0.1) is 5.92 Å². The Kier molecular flexibility index (Phi) is 3.52. The molecule has 2 aliphatic rings. The average molecular weight is 289 g/mol. The van der Waals surface area contributed by atoms with Gasteiger partial charge in [0.2, 0.25) is 11.8 Å². The monoisotopic (exact) mass is 288 g/mol. The van der Waals surface area contributed by atoms with E-state index >= 15 is 0 Å². The number of halogens is 1. The molecule has 0 aromatic carbocycles. The van der Waals surface area contributed by atoms with Gasteiger partial charge in [0, 0.05) is 25.6 Å². The summed E-state index contributed by atoms with van der Waals surface area (Å²) in [5.41, 5.74) is 0. The normalized spacial score (nSPS) is 31.6. The van der Waals surface area contributed by atoms with Gasteiger partial charge in [0.05, 0.1) is 4.83 Å². The van der Waals surface area contributed by atoms with Crippen molar-refractivity contribution in [3.63, 3.8) is 0 Å². The van der Waals surface area contributed by atoms with Gasteiger partial charge in [0.1, 0.15) is 0 Å². The molecule has 0 aliphatic carbocycles. The third-order valence-electron chi connectivity index (χ3n) is 3.47. The molecule has 4 nitrogen and oxygen atoms in total. The van der Waals surface area contributed by atoms with Crippen molar-refractivity contribution in [3.8, 4) is 0 Å². The lowest BCUT2D eigenvalue weighted by atomic mass is 9.85. The van der Waals surface area contributed by atoms with E-state index in [0.717, 1.165) is 25.9 Å². The van der Waals surface area contributed by atoms with Crippen LogP contribution in [0.25, 0.3) is 0 Å². The molecule has 5 heteroatoms. The summed E-state index contributed by atoms with van der Waals surface area (Å²) < 4.78 is 0. The molecule has 2 fully saturated rings. The smallest absolute Gasteiger partial charge is 0.236 e. The molecule has 90 valence electrons. The third-order valence-corrected chi connectivity index (χ3v) is 3.87. The second kappa shape index (κ2) is 4.73. The van der Waals surface area contributed by atoms with Crippen molar-refractivity contribution in [2.75, 3.05) is 13.1 Å². The maximum Gasteiger partial charge on any atom is 0.236 e. The summed E-state index contributed by atoms with van der Waals surface area (Å²) in [7, 11) is 0. The fraction of sp³-hybridized carbons (Fsp3) is 0.818. The van der Waals surface area contributed by atoms with Gasteiger partial charge in [-0.15, -0.1) is 0 Å². The maximum atomic E-state index is 11.8. The number of hydrogen-bond donors (Lipinski definition) is 1. The molecule has 2 heterocycles. The predicted molar refractivity (Wildman–Crippen MR) is 64.2 cm³/mol. The van der Waals surface area contributed by atoms with E-state index in [4.69, 9.17) is 0 Å². The molecule has 0 aromatic rings. The number of hydrogen-bond acceptors (Lipinski definition) is 2. The largest absolute Gasteiger partial charge is 0.353 e. The summed E-state index contributed by atoms with van der Waals surface area (Å²) in [4.78, 5) is 24.9. The summed E-state index contributed by atoms with van der Waals surface area (Å²) in [5.74, 6) is 0.770. The van der Waals surface area contributed by atoms with Gasteiger partial charge in [0.15, 0.2) is 0 Å². The highest BCUT2D eigenvalue weighted by Crippen LogP contribution is 2.26. The van der Waals surface area contributed by atoms with Gasteiger partial charge in [0.25, 0.3) is 0 Å². The average Bonchev–Trinajstić information content (AvgIpc) is 2.27. The Morgan fingerprint density at radius 1 is 1.56 bits per heavy atom. The number of carbonyl (C=O) groups excluding carboxylic acids is 2. The van der Waals surface area contributed by atoms with Crippen molar-refractivity contribution in [1.29, 1.82) is 0 Å². The molecule has 16 heavy (non-hydrogen) atoms. The summed E-state index contributed by atoms with van der Waals surface area (Å²) >= 11 is 3.31. The molecule has 0 saturated carbocycles. The van der Waals surface area contributed by atoms with Crippen LogP contribution in [-0.2, 0) is 9.59 Å². The fourth-order valence-electron chi connectivity index (χ4n) is 2.56. The van der Waals surface area contributed by atoms with Crippen LogP contribution in [0.1, 0.15) is 26.2 Å². The minimum Gasteiger partial charge on any atom is -0.353 e. The van der Waals surface area contributed by atoms with Crippen LogP contribution < -0.4 is 5.32 Å². The molecule has 2 saturated heterocycles. The van der Waals surface area contributed by atoms with E-state index in [9.17, 15) is 9.59 Å². The molecule has 0 spiro atoms. The first-order chi connectivity index (χ1) is 7.58. The molecule has 0 bridgehead atoms. The Morgan fingerprint density at radius 3 is 3.00 bits per heavy atom. The van der Waals surface area contributed by atoms with E-state index in [2.05, 4.69) is 21.2 Å². The number of carbonyl (C=O) groups is 2. The minimum absolute atomic E-state index is 0.109. The van der Waals surface area contributed by atoms with Gasteiger partial charge in [-0.3, -0.25) is 9.59 Å². The fourth-order valence-corrected chi connectivity index (χ4v) is 2.85. The van der Waals surface area contributed by atoms with Gasteiger partial charge < -0.3 is 10.2 Å². The molecule has 2 aliphatic heterocycles. The standard InChI is InChI=1S/C11H17BrN2O2/c1-7(12)11(16)14-5-4-9-8(6-14)2-3-10(15)13-9/h7-9H,2-6H2,1H3,(H,13,15). The van der Waals surface area contributed by atoms with E-state index in [1.54, 1.807) is 0 Å². The summed E-state index contributed by atoms with van der Waals surface area (Å²) in [5, 5.41) is 3.02. The molecule has 3 unspecified atom stereocenters. The first-order valence-electron chi connectivity index (χ1n) is 5.80. The van der Waals surface area contributed by atoms with Crippen molar-refractivity contribution in [2.45, 2.75) is 37.1 Å². The van der Waals surface area contributed by atoms with Gasteiger partial charge in [-0.2, -0.15) is 0 Å². The summed E-state index contributed by atoms with van der Waals surface area (Å²) in [6, 6.07) is 0.288. The van der Waals surface area contributed by atoms with Crippen molar-refractivity contribution < 1.29 is 9.59 Å². The quantitative estimate of drug-likeness (QED) is 0.729. The molecule has 0 aromatic heterocycles. The van der Waals surface area contributed by atoms with Crippen LogP contribution >= 0.6 is 15.9 Å². The second-order valence-corrected chi connectivity index (χ2v) is 6.04. The van der Waals surface area contributed by atoms with Crippen molar-refractivity contribution in [2.24, 2.45) is 5.92 Å². The van der Waals surface area contributed by atoms with Gasteiger partial charge in [-0.05, 0) is 25.7 Å². The van der Waals surface area contributed by atoms with Crippen LogP contribution in [0.15, 0.2) is 0 Å². The number of nitrogens with one attached hydrogen (secondary N) is 1. The lowest BCUT2D eigenvalue weighted by molar-refractivity contribution is -0.133. The minimum atomic E-state index is -0.109. The molecule has 2 amide bonds. The topological polar surface area (TPSA) is 49.4 Å². The zero-order valence-electron chi connectivity index (χ0n) is 9.41. The molecule has 2 rings (SSSR count). The van der Waals surface area contributed by atoms with Gasteiger partial charge in [-0.25, -0.2) is 0 Å². The lowest BCUT2D eigenvalue weighted by Gasteiger charge is -2.41. The molecule has 3 atom stereocenters. The number of rotatable bonds is 1. The van der Waals surface area contributed by atoms with Crippen LogP contribution in [-0.4, -0.2) is 40.7 Å². The Morgan fingerprint density at radius 2 is 2.31 bits per heavy atom. The molecular formula is C11H17BrN2O2. The number of fused-ring (bicyclic) bond motifs is 1. The highest BCUT2D eigenvalue weighted by molar-refractivity contribution is 9.10. The number of likely N-dealkylation sites (tertiary alicyclic amines) is 1. The Hall–Kier alpha value is -0.580. The van der Waals surface area contributed by atoms with E-state index < -0.39 is 0 Å². The lowest BCUT2D eigenvalue weighted by Crippen LogP contribution is -2.55. The zero-order valence-corrected chi connectivity index (χ0v) is 11.0. The van der Waals surface area contributed by atoms with Crippen molar-refractivity contribution >= 4 is 27.7 Å². The van der Waals surface area contributed by atoms with Crippen molar-refractivity contribution in [1.82, 2.24) is 10.2 Å². The molecule has 0 radical (unpaired) electrons. The van der Waals surface area contributed by atoms with Gasteiger partial charge >= 0.3 is 0 Å². The van der Waals surface area contributed by atoms with Crippen LogP contribution in [0.3, 0.4) is 0 Å². The Bertz CT molecular complexity index is 306. The van der Waals surface area contributed by atoms with E-state index in [1.807, 2.05) is 11.8 Å². The van der Waals surface area contributed by atoms with Crippen molar-refractivity contribution in [3.05, 3.63) is 0 Å². The Balaban J connectivity index is 1.95. The highest BCUT2D eigenvalue weighted by Gasteiger charge is 2.35. The Labute approximate surface area is 104 Å². The highest BCUT2D eigenvalue weighted by atomic mass is 79.9. The van der Waals surface area contributed by atoms with E-state index in [0.29, 0.717) is 12.3 Å². The first kappa shape index (κ1) is 11.9. The maximum absolute atomic E-state index is 11.8. The van der Waals surface area contributed by atoms with E-state index in [-0.39, 0.29) is 22.7 Å².